The lowest BCUT2D eigenvalue weighted by atomic mass is 10.2. The molecule has 0 spiro atoms. The highest BCUT2D eigenvalue weighted by molar-refractivity contribution is 7.98. The molecule has 0 atom stereocenters. The average molecular weight is 227 g/mol. The fourth-order valence-corrected chi connectivity index (χ4v) is 1.94. The van der Waals surface area contributed by atoms with Gasteiger partial charge in [-0.3, -0.25) is 0 Å². The molecule has 82 valence electrons. The first kappa shape index (κ1) is 11.9. The van der Waals surface area contributed by atoms with E-state index in [1.54, 1.807) is 11.8 Å². The molecule has 15 heavy (non-hydrogen) atoms. The Morgan fingerprint density at radius 1 is 1.60 bits per heavy atom. The Kier molecular flexibility index (Phi) is 5.06. The van der Waals surface area contributed by atoms with Crippen LogP contribution in [-0.2, 0) is 5.75 Å². The van der Waals surface area contributed by atoms with Gasteiger partial charge in [0.25, 0.3) is 0 Å². The number of carboxylic acid groups (broad SMARTS) is 1. The van der Waals surface area contributed by atoms with Crippen LogP contribution in [-0.4, -0.2) is 33.3 Å². The lowest BCUT2D eigenvalue weighted by molar-refractivity contribution is 0.0695. The summed E-state index contributed by atoms with van der Waals surface area (Å²) < 4.78 is 0. The first-order valence-corrected chi connectivity index (χ1v) is 5.71. The maximum absolute atomic E-state index is 10.8. The number of aromatic carboxylic acids is 1. The van der Waals surface area contributed by atoms with Crippen molar-refractivity contribution in [3.63, 3.8) is 0 Å². The molecule has 1 rings (SSSR count). The standard InChI is InChI=1S/C9H13N3O2S/c10-2-1-3-15-5-8-7(9(13)14)4-11-6-12-8/h4,6H,1-3,5,10H2,(H,13,14). The van der Waals surface area contributed by atoms with Crippen LogP contribution in [0.5, 0.6) is 0 Å². The average Bonchev–Trinajstić information content (AvgIpc) is 2.25. The van der Waals surface area contributed by atoms with Crippen molar-refractivity contribution >= 4 is 17.7 Å². The van der Waals surface area contributed by atoms with Gasteiger partial charge in [0.15, 0.2) is 0 Å². The smallest absolute Gasteiger partial charge is 0.339 e. The Hall–Kier alpha value is -1.14. The zero-order chi connectivity index (χ0) is 11.1. The van der Waals surface area contributed by atoms with Crippen molar-refractivity contribution in [3.05, 3.63) is 23.8 Å². The minimum atomic E-state index is -0.981. The first-order valence-electron chi connectivity index (χ1n) is 4.55. The number of nitrogens with two attached hydrogens (primary N) is 1. The zero-order valence-corrected chi connectivity index (χ0v) is 9.04. The molecule has 0 aromatic carbocycles. The van der Waals surface area contributed by atoms with Crippen LogP contribution in [0.25, 0.3) is 0 Å². The predicted octanol–water partition coefficient (Wildman–Crippen LogP) is 0.757. The van der Waals surface area contributed by atoms with Gasteiger partial charge in [0.1, 0.15) is 11.9 Å². The summed E-state index contributed by atoms with van der Waals surface area (Å²) in [6, 6.07) is 0. The van der Waals surface area contributed by atoms with E-state index in [2.05, 4.69) is 9.97 Å². The Labute approximate surface area is 92.1 Å². The molecule has 1 aromatic rings. The van der Waals surface area contributed by atoms with Crippen molar-refractivity contribution in [2.75, 3.05) is 12.3 Å². The number of nitrogens with zero attached hydrogens (tertiary/aromatic N) is 2. The van der Waals surface area contributed by atoms with Gasteiger partial charge in [-0.25, -0.2) is 14.8 Å². The van der Waals surface area contributed by atoms with Gasteiger partial charge in [-0.05, 0) is 18.7 Å². The summed E-state index contributed by atoms with van der Waals surface area (Å²) in [6.45, 7) is 0.655. The third-order valence-corrected chi connectivity index (χ3v) is 2.81. The fraction of sp³-hybridized carbons (Fsp3) is 0.444. The summed E-state index contributed by atoms with van der Waals surface area (Å²) in [7, 11) is 0. The Bertz CT molecular complexity index is 333. The SMILES string of the molecule is NCCCSCc1ncncc1C(=O)O. The second kappa shape index (κ2) is 6.36. The van der Waals surface area contributed by atoms with Crippen LogP contribution in [0, 0.1) is 0 Å². The Morgan fingerprint density at radius 3 is 3.07 bits per heavy atom. The molecule has 5 nitrogen and oxygen atoms in total. The molecular weight excluding hydrogens is 214 g/mol. The summed E-state index contributed by atoms with van der Waals surface area (Å²) in [4.78, 5) is 18.4. The molecular formula is C9H13N3O2S. The monoisotopic (exact) mass is 227 g/mol. The summed E-state index contributed by atoms with van der Waals surface area (Å²) in [6.07, 6.45) is 3.62. The molecule has 1 heterocycles. The zero-order valence-electron chi connectivity index (χ0n) is 8.22. The molecule has 0 saturated heterocycles. The van der Waals surface area contributed by atoms with E-state index in [1.165, 1.54) is 12.5 Å². The van der Waals surface area contributed by atoms with Gasteiger partial charge >= 0.3 is 5.97 Å². The molecule has 0 fully saturated rings. The van der Waals surface area contributed by atoms with Crippen LogP contribution in [0.1, 0.15) is 22.5 Å². The molecule has 0 bridgehead atoms. The number of carboxylic acids is 1. The van der Waals surface area contributed by atoms with Crippen molar-refractivity contribution in [2.24, 2.45) is 5.73 Å². The highest BCUT2D eigenvalue weighted by atomic mass is 32.2. The predicted molar refractivity (Wildman–Crippen MR) is 58.8 cm³/mol. The molecule has 0 unspecified atom stereocenters. The van der Waals surface area contributed by atoms with Crippen molar-refractivity contribution in [2.45, 2.75) is 12.2 Å². The van der Waals surface area contributed by atoms with Gasteiger partial charge in [0.2, 0.25) is 0 Å². The van der Waals surface area contributed by atoms with Crippen molar-refractivity contribution in [1.29, 1.82) is 0 Å². The van der Waals surface area contributed by atoms with Gasteiger partial charge in [-0.1, -0.05) is 0 Å². The van der Waals surface area contributed by atoms with Crippen LogP contribution >= 0.6 is 11.8 Å². The van der Waals surface area contributed by atoms with Gasteiger partial charge in [-0.15, -0.1) is 0 Å². The van der Waals surface area contributed by atoms with Gasteiger partial charge in [0, 0.05) is 11.9 Å². The minimum Gasteiger partial charge on any atom is -0.478 e. The molecule has 0 saturated carbocycles. The number of rotatable bonds is 6. The summed E-state index contributed by atoms with van der Waals surface area (Å²) in [5, 5.41) is 8.86. The second-order valence-electron chi connectivity index (χ2n) is 2.88. The number of hydrogen-bond donors (Lipinski definition) is 2. The molecule has 0 aliphatic carbocycles. The number of aromatic nitrogens is 2. The van der Waals surface area contributed by atoms with E-state index in [-0.39, 0.29) is 5.56 Å². The van der Waals surface area contributed by atoms with Crippen molar-refractivity contribution in [1.82, 2.24) is 9.97 Å². The topological polar surface area (TPSA) is 89.1 Å². The maximum atomic E-state index is 10.8. The Balaban J connectivity index is 2.56. The van der Waals surface area contributed by atoms with Gasteiger partial charge in [-0.2, -0.15) is 11.8 Å². The quantitative estimate of drug-likeness (QED) is 0.697. The van der Waals surface area contributed by atoms with E-state index in [0.717, 1.165) is 12.2 Å². The molecule has 6 heteroatoms. The Morgan fingerprint density at radius 2 is 2.40 bits per heavy atom. The third kappa shape index (κ3) is 3.85. The number of carbonyl (C=O) groups is 1. The lowest BCUT2D eigenvalue weighted by Gasteiger charge is -2.03. The van der Waals surface area contributed by atoms with E-state index in [0.29, 0.717) is 18.0 Å². The summed E-state index contributed by atoms with van der Waals surface area (Å²) in [5.41, 5.74) is 6.10. The van der Waals surface area contributed by atoms with Crippen LogP contribution < -0.4 is 5.73 Å². The number of hydrogen-bond acceptors (Lipinski definition) is 5. The molecule has 1 aromatic heterocycles. The normalized spacial score (nSPS) is 10.2. The van der Waals surface area contributed by atoms with Crippen molar-refractivity contribution in [3.8, 4) is 0 Å². The molecule has 0 amide bonds. The van der Waals surface area contributed by atoms with E-state index in [1.807, 2.05) is 0 Å². The van der Waals surface area contributed by atoms with Crippen LogP contribution in [0.2, 0.25) is 0 Å². The molecule has 0 aliphatic heterocycles. The highest BCUT2D eigenvalue weighted by Gasteiger charge is 2.10. The summed E-state index contributed by atoms with van der Waals surface area (Å²) in [5.74, 6) is 0.522. The largest absolute Gasteiger partial charge is 0.478 e. The highest BCUT2D eigenvalue weighted by Crippen LogP contribution is 2.13. The van der Waals surface area contributed by atoms with E-state index >= 15 is 0 Å². The van der Waals surface area contributed by atoms with Gasteiger partial charge < -0.3 is 10.8 Å². The van der Waals surface area contributed by atoms with E-state index in [9.17, 15) is 4.79 Å². The maximum Gasteiger partial charge on any atom is 0.339 e. The van der Waals surface area contributed by atoms with Crippen molar-refractivity contribution < 1.29 is 9.90 Å². The lowest BCUT2D eigenvalue weighted by Crippen LogP contribution is -2.05. The molecule has 0 aliphatic rings. The molecule has 0 radical (unpaired) electrons. The van der Waals surface area contributed by atoms with E-state index < -0.39 is 5.97 Å². The third-order valence-electron chi connectivity index (χ3n) is 1.76. The first-order chi connectivity index (χ1) is 7.25. The minimum absolute atomic E-state index is 0.178. The number of thioether (sulfide) groups is 1. The van der Waals surface area contributed by atoms with Gasteiger partial charge in [0.05, 0.1) is 5.69 Å². The van der Waals surface area contributed by atoms with Crippen LogP contribution in [0.3, 0.4) is 0 Å². The van der Waals surface area contributed by atoms with E-state index in [4.69, 9.17) is 10.8 Å². The summed E-state index contributed by atoms with van der Waals surface area (Å²) >= 11 is 1.63. The molecule has 3 N–H and O–H groups in total. The second-order valence-corrected chi connectivity index (χ2v) is 3.99. The van der Waals surface area contributed by atoms with Crippen LogP contribution in [0.4, 0.5) is 0 Å². The fourth-order valence-electron chi connectivity index (χ4n) is 1.00. The van der Waals surface area contributed by atoms with Crippen LogP contribution in [0.15, 0.2) is 12.5 Å².